The van der Waals surface area contributed by atoms with Gasteiger partial charge in [0.15, 0.2) is 0 Å². The molecule has 1 rings (SSSR count). The maximum absolute atomic E-state index is 13.7. The zero-order valence-corrected chi connectivity index (χ0v) is 33.0. The summed E-state index contributed by atoms with van der Waals surface area (Å²) < 4.78 is 10.2. The Kier molecular flexibility index (Phi) is 19.4. The van der Waals surface area contributed by atoms with Crippen molar-refractivity contribution in [2.75, 3.05) is 7.11 Å². The van der Waals surface area contributed by atoms with Crippen molar-refractivity contribution in [2.24, 2.45) is 23.5 Å². The average Bonchev–Trinajstić information content (AvgIpc) is 3.06. The van der Waals surface area contributed by atoms with Crippen molar-refractivity contribution in [2.45, 2.75) is 143 Å². The van der Waals surface area contributed by atoms with Crippen molar-refractivity contribution in [1.29, 1.82) is 0 Å². The van der Waals surface area contributed by atoms with Crippen LogP contribution in [0, 0.1) is 17.8 Å². The molecule has 294 valence electrons. The van der Waals surface area contributed by atoms with E-state index in [1.165, 1.54) is 7.11 Å². The summed E-state index contributed by atoms with van der Waals surface area (Å²) in [7, 11) is 1.24. The van der Waals surface area contributed by atoms with Crippen LogP contribution >= 0.6 is 0 Å². The largest absolute Gasteiger partial charge is 0.467 e. The van der Waals surface area contributed by atoms with Crippen molar-refractivity contribution in [3.8, 4) is 0 Å². The van der Waals surface area contributed by atoms with E-state index in [0.717, 1.165) is 5.56 Å². The van der Waals surface area contributed by atoms with Gasteiger partial charge < -0.3 is 41.8 Å². The molecule has 0 unspecified atom stereocenters. The highest BCUT2D eigenvalue weighted by molar-refractivity contribution is 5.92. The summed E-state index contributed by atoms with van der Waals surface area (Å²) in [5, 5.41) is 13.8. The summed E-state index contributed by atoms with van der Waals surface area (Å²) in [6.07, 6.45) is 0.427. The number of alkyl carbamates (subject to hydrolysis) is 1. The molecule has 0 aromatic heterocycles. The van der Waals surface area contributed by atoms with Gasteiger partial charge in [0.2, 0.25) is 23.6 Å². The molecule has 0 saturated carbocycles. The van der Waals surface area contributed by atoms with Gasteiger partial charge in [-0.1, -0.05) is 85.2 Å². The number of hydrogen-bond donors (Lipinski definition) is 6. The van der Waals surface area contributed by atoms with Crippen LogP contribution in [0.4, 0.5) is 4.79 Å². The van der Waals surface area contributed by atoms with E-state index in [4.69, 9.17) is 15.2 Å². The Morgan fingerprint density at radius 1 is 0.750 bits per heavy atom. The Morgan fingerprint density at radius 2 is 1.35 bits per heavy atom. The lowest BCUT2D eigenvalue weighted by atomic mass is 9.94. The minimum Gasteiger partial charge on any atom is -0.467 e. The van der Waals surface area contributed by atoms with E-state index in [0.29, 0.717) is 12.8 Å². The molecule has 0 bridgehead atoms. The zero-order chi connectivity index (χ0) is 39.8. The lowest BCUT2D eigenvalue weighted by molar-refractivity contribution is -0.147. The summed E-state index contributed by atoms with van der Waals surface area (Å²) >= 11 is 0. The van der Waals surface area contributed by atoms with E-state index >= 15 is 0 Å². The number of nitrogens with one attached hydrogen (secondary N) is 5. The highest BCUT2D eigenvalue weighted by Crippen LogP contribution is 2.14. The first-order valence-corrected chi connectivity index (χ1v) is 18.3. The molecule has 5 amide bonds. The fourth-order valence-corrected chi connectivity index (χ4v) is 5.40. The quantitative estimate of drug-likeness (QED) is 0.109. The van der Waals surface area contributed by atoms with E-state index < -0.39 is 77.5 Å². The van der Waals surface area contributed by atoms with Crippen LogP contribution in [0.15, 0.2) is 30.3 Å². The summed E-state index contributed by atoms with van der Waals surface area (Å²) in [6, 6.07) is 3.92. The number of rotatable bonds is 20. The first-order valence-electron chi connectivity index (χ1n) is 18.3. The van der Waals surface area contributed by atoms with Crippen LogP contribution in [0.3, 0.4) is 0 Å². The van der Waals surface area contributed by atoms with Gasteiger partial charge in [-0.05, 0) is 63.4 Å². The Hall–Kier alpha value is -4.20. The van der Waals surface area contributed by atoms with Gasteiger partial charge in [-0.3, -0.25) is 19.2 Å². The van der Waals surface area contributed by atoms with E-state index in [2.05, 4.69) is 26.6 Å². The molecule has 7 N–H and O–H groups in total. The Labute approximate surface area is 309 Å². The second-order valence-electron chi connectivity index (χ2n) is 15.2. The molecule has 14 heteroatoms. The first-order chi connectivity index (χ1) is 24.2. The van der Waals surface area contributed by atoms with Gasteiger partial charge in [0.25, 0.3) is 0 Å². The van der Waals surface area contributed by atoms with E-state index in [1.807, 2.05) is 58.0 Å². The lowest BCUT2D eigenvalue weighted by Crippen LogP contribution is -2.59. The first kappa shape index (κ1) is 45.8. The zero-order valence-electron chi connectivity index (χ0n) is 33.0. The summed E-state index contributed by atoms with van der Waals surface area (Å²) in [5.41, 5.74) is 6.72. The summed E-state index contributed by atoms with van der Waals surface area (Å²) in [6.45, 7) is 18.0. The predicted molar refractivity (Wildman–Crippen MR) is 200 cm³/mol. The molecule has 14 nitrogen and oxygen atoms in total. The van der Waals surface area contributed by atoms with Gasteiger partial charge in [-0.15, -0.1) is 0 Å². The summed E-state index contributed by atoms with van der Waals surface area (Å²) in [5.74, 6) is -3.13. The molecular weight excluding hydrogens is 668 g/mol. The molecule has 0 aliphatic rings. The third-order valence-corrected chi connectivity index (χ3v) is 8.55. The minimum atomic E-state index is -0.968. The Bertz CT molecular complexity index is 1320. The van der Waals surface area contributed by atoms with Crippen LogP contribution < -0.4 is 32.3 Å². The highest BCUT2D eigenvalue weighted by atomic mass is 16.6. The maximum Gasteiger partial charge on any atom is 0.408 e. The second kappa shape index (κ2) is 22.0. The van der Waals surface area contributed by atoms with Gasteiger partial charge in [-0.25, -0.2) is 9.59 Å². The standard InChI is InChI=1S/C38H64N6O8/c1-12-24(7)32(35(48)44-31(23(5)6)36(49)51-11)43-30(45)21-26(39)28(20-25-17-15-14-16-18-25)41-33(46)27(13-2)40-34(47)29(19-22(3)4)42-37(50)52-38(8,9)10/h14-18,22-24,26-29,31-32H,12-13,19-21,39H2,1-11H3,(H,40,47)(H,41,46)(H,42,50)(H,43,45)(H,44,48)/t24-,26-,27-,28-,29-,31-,32-/m0/s1. The number of esters is 1. The van der Waals surface area contributed by atoms with E-state index in [1.54, 1.807) is 41.5 Å². The molecule has 0 spiro atoms. The van der Waals surface area contributed by atoms with Gasteiger partial charge >= 0.3 is 12.1 Å². The molecular formula is C38H64N6O8. The number of benzene rings is 1. The van der Waals surface area contributed by atoms with Crippen LogP contribution in [0.25, 0.3) is 0 Å². The maximum atomic E-state index is 13.7. The molecule has 1 aromatic rings. The Balaban J connectivity index is 3.20. The molecule has 0 aliphatic carbocycles. The van der Waals surface area contributed by atoms with Crippen molar-refractivity contribution < 1.29 is 38.2 Å². The third-order valence-electron chi connectivity index (χ3n) is 8.55. The fourth-order valence-electron chi connectivity index (χ4n) is 5.40. The summed E-state index contributed by atoms with van der Waals surface area (Å²) in [4.78, 5) is 78.7. The van der Waals surface area contributed by atoms with E-state index in [-0.39, 0.29) is 37.0 Å². The van der Waals surface area contributed by atoms with Crippen LogP contribution in [0.2, 0.25) is 0 Å². The van der Waals surface area contributed by atoms with Gasteiger partial charge in [0.1, 0.15) is 29.8 Å². The SMILES string of the molecule is CC[C@H](NC(=O)[C@H](CC(C)C)NC(=O)OC(C)(C)C)C(=O)N[C@@H](Cc1ccccc1)[C@@H](N)CC(=O)N[C@H](C(=O)N[C@H](C(=O)OC)C(C)C)[C@@H](C)CC. The Morgan fingerprint density at radius 3 is 1.85 bits per heavy atom. The number of nitrogens with two attached hydrogens (primary N) is 1. The van der Waals surface area contributed by atoms with Crippen molar-refractivity contribution in [3.05, 3.63) is 35.9 Å². The van der Waals surface area contributed by atoms with Crippen molar-refractivity contribution >= 4 is 35.7 Å². The van der Waals surface area contributed by atoms with Gasteiger partial charge in [-0.2, -0.15) is 0 Å². The smallest absolute Gasteiger partial charge is 0.408 e. The second-order valence-corrected chi connectivity index (χ2v) is 15.2. The highest BCUT2D eigenvalue weighted by Gasteiger charge is 2.34. The molecule has 7 atom stereocenters. The molecule has 1 aromatic carbocycles. The fraction of sp³-hybridized carbons (Fsp3) is 0.684. The molecule has 0 fully saturated rings. The molecule has 0 radical (unpaired) electrons. The predicted octanol–water partition coefficient (Wildman–Crippen LogP) is 3.11. The third kappa shape index (κ3) is 16.4. The molecule has 0 saturated heterocycles. The number of hydrogen-bond acceptors (Lipinski definition) is 9. The minimum absolute atomic E-state index is 0.0504. The topological polar surface area (TPSA) is 207 Å². The lowest BCUT2D eigenvalue weighted by Gasteiger charge is -2.30. The van der Waals surface area contributed by atoms with Crippen molar-refractivity contribution in [1.82, 2.24) is 26.6 Å². The van der Waals surface area contributed by atoms with Gasteiger partial charge in [0, 0.05) is 18.5 Å². The number of carbonyl (C=O) groups excluding carboxylic acids is 6. The van der Waals surface area contributed by atoms with Crippen LogP contribution in [0.1, 0.15) is 100 Å². The van der Waals surface area contributed by atoms with Crippen LogP contribution in [-0.2, 0) is 39.9 Å². The number of ether oxygens (including phenoxy) is 2. The van der Waals surface area contributed by atoms with Crippen molar-refractivity contribution in [3.63, 3.8) is 0 Å². The molecule has 0 aliphatic heterocycles. The average molecular weight is 733 g/mol. The van der Waals surface area contributed by atoms with Gasteiger partial charge in [0.05, 0.1) is 7.11 Å². The normalized spacial score (nSPS) is 15.6. The number of carbonyl (C=O) groups is 6. The van der Waals surface area contributed by atoms with Crippen LogP contribution in [-0.4, -0.2) is 84.7 Å². The monoisotopic (exact) mass is 732 g/mol. The number of amides is 5. The van der Waals surface area contributed by atoms with E-state index in [9.17, 15) is 28.8 Å². The number of methoxy groups -OCH3 is 1. The molecule has 0 heterocycles. The van der Waals surface area contributed by atoms with Crippen LogP contribution in [0.5, 0.6) is 0 Å². The molecule has 52 heavy (non-hydrogen) atoms.